The first-order chi connectivity index (χ1) is 24.2. The van der Waals surface area contributed by atoms with Gasteiger partial charge in [0.25, 0.3) is 0 Å². The van der Waals surface area contributed by atoms with Crippen LogP contribution in [0, 0.1) is 5.92 Å². The molecule has 0 bridgehead atoms. The molecule has 49 heavy (non-hydrogen) atoms. The lowest BCUT2D eigenvalue weighted by Gasteiger charge is -2.06. The van der Waals surface area contributed by atoms with E-state index in [9.17, 15) is 4.79 Å². The Kier molecular flexibility index (Phi) is 42.7. The zero-order valence-corrected chi connectivity index (χ0v) is 34.3. The zero-order valence-electron chi connectivity index (χ0n) is 34.3. The minimum absolute atomic E-state index is 0.0246. The van der Waals surface area contributed by atoms with Crippen LogP contribution in [-0.4, -0.2) is 12.6 Å². The van der Waals surface area contributed by atoms with Crippen molar-refractivity contribution in [3.8, 4) is 0 Å². The molecule has 0 aliphatic carbocycles. The van der Waals surface area contributed by atoms with Crippen molar-refractivity contribution in [1.82, 2.24) is 0 Å². The minimum Gasteiger partial charge on any atom is -0.466 e. The quantitative estimate of drug-likeness (QED) is 0.0362. The van der Waals surface area contributed by atoms with E-state index in [1.54, 1.807) is 0 Å². The Labute approximate surface area is 310 Å². The molecule has 0 saturated carbocycles. The van der Waals surface area contributed by atoms with Gasteiger partial charge in [-0.1, -0.05) is 238 Å². The second-order valence-corrected chi connectivity index (χ2v) is 16.2. The first kappa shape index (κ1) is 48.2. The van der Waals surface area contributed by atoms with Crippen LogP contribution in [0.3, 0.4) is 0 Å². The summed E-state index contributed by atoms with van der Waals surface area (Å²) in [5.41, 5.74) is 0. The molecule has 0 amide bonds. The van der Waals surface area contributed by atoms with Crippen molar-refractivity contribution in [3.63, 3.8) is 0 Å². The van der Waals surface area contributed by atoms with Crippen molar-refractivity contribution in [2.75, 3.05) is 6.61 Å². The SMILES string of the molecule is CCCCCCCCC=CCCCCCCCCCC(=O)OCCCCCCCCCCCCCCCCCCCCCCCCC(C)C. The topological polar surface area (TPSA) is 26.3 Å². The molecule has 0 unspecified atom stereocenters. The predicted octanol–water partition coefficient (Wildman–Crippen LogP) is 17.0. The number of hydrogen-bond donors (Lipinski definition) is 0. The normalized spacial score (nSPS) is 11.8. The lowest BCUT2D eigenvalue weighted by atomic mass is 10.0. The van der Waals surface area contributed by atoms with Gasteiger partial charge in [-0.3, -0.25) is 4.79 Å². The third-order valence-corrected chi connectivity index (χ3v) is 10.6. The Morgan fingerprint density at radius 2 is 0.714 bits per heavy atom. The van der Waals surface area contributed by atoms with Crippen LogP contribution in [0.4, 0.5) is 0 Å². The van der Waals surface area contributed by atoms with E-state index in [2.05, 4.69) is 32.9 Å². The molecule has 0 spiro atoms. The van der Waals surface area contributed by atoms with Crippen LogP contribution in [0.15, 0.2) is 12.2 Å². The van der Waals surface area contributed by atoms with E-state index in [1.807, 2.05) is 0 Å². The van der Waals surface area contributed by atoms with Crippen molar-refractivity contribution >= 4 is 5.97 Å². The van der Waals surface area contributed by atoms with E-state index < -0.39 is 0 Å². The van der Waals surface area contributed by atoms with Crippen LogP contribution in [0.1, 0.15) is 271 Å². The molecule has 2 nitrogen and oxygen atoms in total. The number of allylic oxidation sites excluding steroid dienone is 2. The van der Waals surface area contributed by atoms with E-state index >= 15 is 0 Å². The summed E-state index contributed by atoms with van der Waals surface area (Å²) in [6, 6.07) is 0. The van der Waals surface area contributed by atoms with Gasteiger partial charge < -0.3 is 4.74 Å². The van der Waals surface area contributed by atoms with Crippen molar-refractivity contribution in [2.45, 2.75) is 271 Å². The fraction of sp³-hybridized carbons (Fsp3) is 0.936. The molecule has 0 fully saturated rings. The highest BCUT2D eigenvalue weighted by Gasteiger charge is 2.03. The molecule has 0 aromatic heterocycles. The van der Waals surface area contributed by atoms with Crippen LogP contribution in [0.25, 0.3) is 0 Å². The van der Waals surface area contributed by atoms with Crippen molar-refractivity contribution < 1.29 is 9.53 Å². The molecular formula is C47H92O2. The van der Waals surface area contributed by atoms with Crippen molar-refractivity contribution in [3.05, 3.63) is 12.2 Å². The van der Waals surface area contributed by atoms with Gasteiger partial charge in [0.05, 0.1) is 6.61 Å². The first-order valence-corrected chi connectivity index (χ1v) is 23.0. The van der Waals surface area contributed by atoms with Crippen LogP contribution in [0.2, 0.25) is 0 Å². The molecule has 0 aliphatic heterocycles. The largest absolute Gasteiger partial charge is 0.466 e. The lowest BCUT2D eigenvalue weighted by molar-refractivity contribution is -0.143. The van der Waals surface area contributed by atoms with Gasteiger partial charge >= 0.3 is 5.97 Å². The summed E-state index contributed by atoms with van der Waals surface area (Å²) < 4.78 is 5.48. The van der Waals surface area contributed by atoms with E-state index in [-0.39, 0.29) is 5.97 Å². The Balaban J connectivity index is 3.17. The molecule has 0 aliphatic rings. The van der Waals surface area contributed by atoms with Gasteiger partial charge in [0.1, 0.15) is 0 Å². The number of hydrogen-bond acceptors (Lipinski definition) is 2. The van der Waals surface area contributed by atoms with Gasteiger partial charge in [-0.2, -0.15) is 0 Å². The van der Waals surface area contributed by atoms with Gasteiger partial charge in [0, 0.05) is 6.42 Å². The average Bonchev–Trinajstić information content (AvgIpc) is 3.09. The Morgan fingerprint density at radius 3 is 1.08 bits per heavy atom. The Hall–Kier alpha value is -0.790. The summed E-state index contributed by atoms with van der Waals surface area (Å²) in [7, 11) is 0. The standard InChI is InChI=1S/C47H92O2/c1-4-5-6-7-8-9-10-11-12-19-23-26-29-32-35-38-41-44-47(48)49-45-42-39-36-33-30-27-24-21-18-16-14-13-15-17-20-22-25-28-31-34-37-40-43-46(2)3/h11-12,46H,4-10,13-45H2,1-3H3. The summed E-state index contributed by atoms with van der Waals surface area (Å²) in [4.78, 5) is 12.0. The lowest BCUT2D eigenvalue weighted by Crippen LogP contribution is -2.05. The molecule has 292 valence electrons. The molecule has 0 radical (unpaired) electrons. The van der Waals surface area contributed by atoms with Crippen molar-refractivity contribution in [1.29, 1.82) is 0 Å². The fourth-order valence-electron chi connectivity index (χ4n) is 7.14. The fourth-order valence-corrected chi connectivity index (χ4v) is 7.14. The highest BCUT2D eigenvalue weighted by Crippen LogP contribution is 2.17. The highest BCUT2D eigenvalue weighted by molar-refractivity contribution is 5.69. The second kappa shape index (κ2) is 43.4. The van der Waals surface area contributed by atoms with Crippen LogP contribution >= 0.6 is 0 Å². The molecule has 0 saturated heterocycles. The van der Waals surface area contributed by atoms with Gasteiger partial charge in [-0.25, -0.2) is 0 Å². The van der Waals surface area contributed by atoms with Gasteiger partial charge in [-0.15, -0.1) is 0 Å². The Morgan fingerprint density at radius 1 is 0.408 bits per heavy atom. The molecule has 0 N–H and O–H groups in total. The molecule has 0 aromatic rings. The monoisotopic (exact) mass is 689 g/mol. The van der Waals surface area contributed by atoms with Gasteiger partial charge in [0.15, 0.2) is 0 Å². The molecular weight excluding hydrogens is 597 g/mol. The number of unbranched alkanes of at least 4 members (excludes halogenated alkanes) is 34. The number of rotatable bonds is 42. The molecule has 2 heteroatoms. The summed E-state index contributed by atoms with van der Waals surface area (Å²) >= 11 is 0. The van der Waals surface area contributed by atoms with Gasteiger partial charge in [0.2, 0.25) is 0 Å². The van der Waals surface area contributed by atoms with E-state index in [1.165, 1.54) is 231 Å². The number of carbonyl (C=O) groups excluding carboxylic acids is 1. The smallest absolute Gasteiger partial charge is 0.305 e. The maximum Gasteiger partial charge on any atom is 0.305 e. The minimum atomic E-state index is 0.0246. The van der Waals surface area contributed by atoms with E-state index in [0.717, 1.165) is 18.8 Å². The van der Waals surface area contributed by atoms with Crippen LogP contribution in [-0.2, 0) is 9.53 Å². The summed E-state index contributed by atoms with van der Waals surface area (Å²) in [6.45, 7) is 7.60. The summed E-state index contributed by atoms with van der Waals surface area (Å²) in [5.74, 6) is 0.909. The van der Waals surface area contributed by atoms with Crippen LogP contribution < -0.4 is 0 Å². The maximum absolute atomic E-state index is 12.0. The first-order valence-electron chi connectivity index (χ1n) is 23.0. The third-order valence-electron chi connectivity index (χ3n) is 10.6. The number of carbonyl (C=O) groups is 1. The molecule has 0 aromatic carbocycles. The second-order valence-electron chi connectivity index (χ2n) is 16.2. The molecule has 0 atom stereocenters. The summed E-state index contributed by atoms with van der Waals surface area (Å²) in [6.07, 6.45) is 57.5. The molecule has 0 heterocycles. The predicted molar refractivity (Wildman–Crippen MR) is 221 cm³/mol. The van der Waals surface area contributed by atoms with E-state index in [4.69, 9.17) is 4.74 Å². The number of ether oxygens (including phenoxy) is 1. The summed E-state index contributed by atoms with van der Waals surface area (Å²) in [5, 5.41) is 0. The van der Waals surface area contributed by atoms with E-state index in [0.29, 0.717) is 13.0 Å². The third kappa shape index (κ3) is 45.2. The molecule has 0 rings (SSSR count). The van der Waals surface area contributed by atoms with Crippen LogP contribution in [0.5, 0.6) is 0 Å². The zero-order chi connectivity index (χ0) is 35.6. The highest BCUT2D eigenvalue weighted by atomic mass is 16.5. The maximum atomic E-state index is 12.0. The van der Waals surface area contributed by atoms with Crippen molar-refractivity contribution in [2.24, 2.45) is 5.92 Å². The van der Waals surface area contributed by atoms with Gasteiger partial charge in [-0.05, 0) is 44.4 Å². The number of esters is 1. The average molecular weight is 689 g/mol. The Bertz CT molecular complexity index is 638.